The van der Waals surface area contributed by atoms with E-state index in [0.29, 0.717) is 21.3 Å². The molecule has 0 aliphatic heterocycles. The molecule has 1 aromatic heterocycles. The zero-order valence-electron chi connectivity index (χ0n) is 14.9. The van der Waals surface area contributed by atoms with Crippen molar-refractivity contribution in [2.24, 2.45) is 0 Å². The fraction of sp³-hybridized carbons (Fsp3) is 0.0909. The summed E-state index contributed by atoms with van der Waals surface area (Å²) in [6.07, 6.45) is -4.24. The second-order valence-electron chi connectivity index (χ2n) is 6.57. The Morgan fingerprint density at radius 1 is 0.862 bits per heavy atom. The van der Waals surface area contributed by atoms with E-state index in [-0.39, 0.29) is 23.6 Å². The number of halogens is 4. The van der Waals surface area contributed by atoms with Gasteiger partial charge in [0.15, 0.2) is 5.52 Å². The van der Waals surface area contributed by atoms with Crippen molar-refractivity contribution in [1.29, 1.82) is 0 Å². The Hall–Kier alpha value is -3.48. The van der Waals surface area contributed by atoms with Crippen LogP contribution in [0.2, 0.25) is 0 Å². The minimum absolute atomic E-state index is 0.00883. The molecule has 0 N–H and O–H groups in total. The molecule has 0 saturated heterocycles. The Kier molecular flexibility index (Phi) is 4.66. The van der Waals surface area contributed by atoms with Gasteiger partial charge in [-0.3, -0.25) is 0 Å². The zero-order valence-corrected chi connectivity index (χ0v) is 14.9. The average Bonchev–Trinajstić information content (AvgIpc) is 2.71. The molecule has 1 heterocycles. The quantitative estimate of drug-likeness (QED) is 0.267. The zero-order chi connectivity index (χ0) is 20.6. The Labute approximate surface area is 163 Å². The highest BCUT2D eigenvalue weighted by Crippen LogP contribution is 2.30. The smallest absolute Gasteiger partial charge is 0.416 e. The van der Waals surface area contributed by atoms with Crippen LogP contribution in [0.3, 0.4) is 0 Å². The molecule has 7 heteroatoms. The van der Waals surface area contributed by atoms with E-state index in [1.165, 1.54) is 24.3 Å². The highest BCUT2D eigenvalue weighted by molar-refractivity contribution is 5.81. The summed E-state index contributed by atoms with van der Waals surface area (Å²) >= 11 is 0. The summed E-state index contributed by atoms with van der Waals surface area (Å²) in [5.41, 5.74) is 1.14. The van der Waals surface area contributed by atoms with Gasteiger partial charge in [0.2, 0.25) is 0 Å². The van der Waals surface area contributed by atoms with Crippen molar-refractivity contribution < 1.29 is 22.3 Å². The first-order chi connectivity index (χ1) is 13.8. The number of hydrogen-bond donors (Lipinski definition) is 0. The van der Waals surface area contributed by atoms with E-state index < -0.39 is 11.7 Å². The minimum Gasteiger partial charge on any atom is -0.710 e. The number of benzene rings is 3. The first-order valence-electron chi connectivity index (χ1n) is 8.76. The molecule has 0 unspecified atom stereocenters. The van der Waals surface area contributed by atoms with Gasteiger partial charge in [-0.2, -0.15) is 13.2 Å². The number of aromatic nitrogens is 2. The van der Waals surface area contributed by atoms with Gasteiger partial charge in [-0.15, -0.1) is 0 Å². The highest BCUT2D eigenvalue weighted by Gasteiger charge is 2.30. The molecular formula is C22H14F4N2O. The summed E-state index contributed by atoms with van der Waals surface area (Å²) in [6, 6.07) is 17.1. The maximum atomic E-state index is 13.2. The monoisotopic (exact) mass is 398 g/mol. The topological polar surface area (TPSA) is 39.8 Å². The van der Waals surface area contributed by atoms with E-state index in [0.717, 1.165) is 17.7 Å². The summed E-state index contributed by atoms with van der Waals surface area (Å²) in [7, 11) is 0. The van der Waals surface area contributed by atoms with Gasteiger partial charge in [0.25, 0.3) is 0 Å². The molecule has 146 valence electrons. The summed E-state index contributed by atoms with van der Waals surface area (Å²) in [6.45, 7) is 0. The van der Waals surface area contributed by atoms with Crippen molar-refractivity contribution in [3.8, 4) is 11.4 Å². The Balaban J connectivity index is 1.85. The van der Waals surface area contributed by atoms with Crippen LogP contribution in [0.25, 0.3) is 22.3 Å². The molecule has 0 radical (unpaired) electrons. The fourth-order valence-corrected chi connectivity index (χ4v) is 3.16. The SMILES string of the molecule is [O-][n+]1c(-c2ccc(C(F)(F)F)cc2)nc2ccccc2c1Cc1ccc(F)cc1. The van der Waals surface area contributed by atoms with Crippen LogP contribution in [0.15, 0.2) is 72.8 Å². The molecule has 0 amide bonds. The number of para-hydroxylation sites is 1. The predicted molar refractivity (Wildman–Crippen MR) is 100 cm³/mol. The van der Waals surface area contributed by atoms with Gasteiger partial charge in [-0.1, -0.05) is 24.3 Å². The third kappa shape index (κ3) is 3.76. The van der Waals surface area contributed by atoms with Crippen LogP contribution in [-0.4, -0.2) is 4.98 Å². The van der Waals surface area contributed by atoms with E-state index in [1.54, 1.807) is 36.4 Å². The molecule has 3 aromatic carbocycles. The number of rotatable bonds is 3. The van der Waals surface area contributed by atoms with Gasteiger partial charge in [0.1, 0.15) is 11.5 Å². The highest BCUT2D eigenvalue weighted by atomic mass is 19.4. The Morgan fingerprint density at radius 2 is 1.52 bits per heavy atom. The van der Waals surface area contributed by atoms with Gasteiger partial charge in [-0.05, 0) is 59.1 Å². The molecule has 0 fully saturated rings. The van der Waals surface area contributed by atoms with E-state index in [2.05, 4.69) is 4.98 Å². The van der Waals surface area contributed by atoms with Crippen LogP contribution >= 0.6 is 0 Å². The lowest BCUT2D eigenvalue weighted by Gasteiger charge is -2.15. The van der Waals surface area contributed by atoms with Crippen LogP contribution in [-0.2, 0) is 12.6 Å². The third-order valence-corrected chi connectivity index (χ3v) is 4.63. The summed E-state index contributed by atoms with van der Waals surface area (Å²) in [4.78, 5) is 4.36. The standard InChI is InChI=1S/C22H14F4N2O/c23-17-11-5-14(6-12-17)13-20-18-3-1-2-4-19(18)27-21(28(20)29)15-7-9-16(10-8-15)22(24,25)26/h1-12H,13H2. The Morgan fingerprint density at radius 3 is 2.17 bits per heavy atom. The van der Waals surface area contributed by atoms with Crippen molar-refractivity contribution in [3.05, 3.63) is 101 Å². The third-order valence-electron chi connectivity index (χ3n) is 4.63. The van der Waals surface area contributed by atoms with Crippen molar-refractivity contribution in [3.63, 3.8) is 0 Å². The van der Waals surface area contributed by atoms with Crippen LogP contribution in [0.1, 0.15) is 16.8 Å². The van der Waals surface area contributed by atoms with Crippen molar-refractivity contribution >= 4 is 10.9 Å². The van der Waals surface area contributed by atoms with Crippen molar-refractivity contribution in [2.75, 3.05) is 0 Å². The molecule has 0 aliphatic rings. The lowest BCUT2D eigenvalue weighted by atomic mass is 10.0. The number of nitrogens with zero attached hydrogens (tertiary/aromatic N) is 2. The number of hydrogen-bond acceptors (Lipinski definition) is 2. The molecule has 0 atom stereocenters. The molecule has 4 aromatic rings. The normalized spacial score (nSPS) is 11.7. The van der Waals surface area contributed by atoms with Crippen LogP contribution < -0.4 is 4.73 Å². The molecule has 0 spiro atoms. The summed E-state index contributed by atoms with van der Waals surface area (Å²) < 4.78 is 52.3. The first kappa shape index (κ1) is 18.9. The van der Waals surface area contributed by atoms with Crippen LogP contribution in [0, 0.1) is 11.0 Å². The van der Waals surface area contributed by atoms with Crippen LogP contribution in [0.4, 0.5) is 17.6 Å². The van der Waals surface area contributed by atoms with E-state index in [4.69, 9.17) is 0 Å². The van der Waals surface area contributed by atoms with Crippen molar-refractivity contribution in [1.82, 2.24) is 4.98 Å². The summed E-state index contributed by atoms with van der Waals surface area (Å²) in [5, 5.41) is 13.7. The molecule has 0 aliphatic carbocycles. The van der Waals surface area contributed by atoms with E-state index in [9.17, 15) is 22.8 Å². The first-order valence-corrected chi connectivity index (χ1v) is 8.76. The van der Waals surface area contributed by atoms with Gasteiger partial charge in [0.05, 0.1) is 16.5 Å². The van der Waals surface area contributed by atoms with Gasteiger partial charge >= 0.3 is 12.0 Å². The van der Waals surface area contributed by atoms with Gasteiger partial charge in [0, 0.05) is 6.42 Å². The lowest BCUT2D eigenvalue weighted by molar-refractivity contribution is -0.603. The maximum absolute atomic E-state index is 13.2. The molecule has 0 bridgehead atoms. The molecule has 3 nitrogen and oxygen atoms in total. The number of fused-ring (bicyclic) bond motifs is 1. The molecule has 4 rings (SSSR count). The molecular weight excluding hydrogens is 384 g/mol. The van der Waals surface area contributed by atoms with E-state index >= 15 is 0 Å². The van der Waals surface area contributed by atoms with Crippen molar-refractivity contribution in [2.45, 2.75) is 12.6 Å². The largest absolute Gasteiger partial charge is 0.710 e. The summed E-state index contributed by atoms with van der Waals surface area (Å²) in [5.74, 6) is -0.372. The average molecular weight is 398 g/mol. The predicted octanol–water partition coefficient (Wildman–Crippen LogP) is 5.28. The lowest BCUT2D eigenvalue weighted by Crippen LogP contribution is -2.36. The maximum Gasteiger partial charge on any atom is 0.416 e. The van der Waals surface area contributed by atoms with Gasteiger partial charge in [-0.25, -0.2) is 9.12 Å². The van der Waals surface area contributed by atoms with E-state index in [1.807, 2.05) is 0 Å². The fourth-order valence-electron chi connectivity index (χ4n) is 3.16. The molecule has 29 heavy (non-hydrogen) atoms. The number of alkyl halides is 3. The second-order valence-corrected chi connectivity index (χ2v) is 6.57. The van der Waals surface area contributed by atoms with Gasteiger partial charge < -0.3 is 5.21 Å². The second kappa shape index (κ2) is 7.16. The van der Waals surface area contributed by atoms with Crippen LogP contribution in [0.5, 0.6) is 0 Å². The minimum atomic E-state index is -4.46. The molecule has 0 saturated carbocycles. The Bertz CT molecular complexity index is 1170.